The first kappa shape index (κ1) is 29.2. The molecule has 36 heavy (non-hydrogen) atoms. The van der Waals surface area contributed by atoms with Crippen molar-refractivity contribution < 1.29 is 22.7 Å². The van der Waals surface area contributed by atoms with E-state index in [1.807, 2.05) is 70.2 Å². The summed E-state index contributed by atoms with van der Waals surface area (Å²) in [5, 5.41) is 2.91. The number of sulfonamides is 1. The molecule has 0 bridgehead atoms. The van der Waals surface area contributed by atoms with Crippen LogP contribution in [0.15, 0.2) is 48.5 Å². The van der Waals surface area contributed by atoms with E-state index in [1.54, 1.807) is 18.1 Å². The molecule has 1 N–H and O–H groups in total. The second-order valence-electron chi connectivity index (χ2n) is 9.23. The molecule has 1 atom stereocenters. The van der Waals surface area contributed by atoms with Crippen LogP contribution in [0.25, 0.3) is 0 Å². The minimum atomic E-state index is -3.52. The second kappa shape index (κ2) is 13.3. The third-order valence-electron chi connectivity index (χ3n) is 5.77. The lowest BCUT2D eigenvalue weighted by Crippen LogP contribution is -2.50. The molecule has 8 nitrogen and oxygen atoms in total. The van der Waals surface area contributed by atoms with Crippen molar-refractivity contribution in [2.45, 2.75) is 65.6 Å². The van der Waals surface area contributed by atoms with E-state index < -0.39 is 16.1 Å². The normalized spacial score (nSPS) is 12.2. The summed E-state index contributed by atoms with van der Waals surface area (Å²) < 4.78 is 31.5. The molecule has 0 unspecified atom stereocenters. The minimum Gasteiger partial charge on any atom is -0.497 e. The molecule has 2 rings (SSSR count). The van der Waals surface area contributed by atoms with E-state index in [2.05, 4.69) is 5.32 Å². The lowest BCUT2D eigenvalue weighted by molar-refractivity contribution is -0.141. The number of methoxy groups -OCH3 is 1. The van der Waals surface area contributed by atoms with E-state index in [9.17, 15) is 18.0 Å². The summed E-state index contributed by atoms with van der Waals surface area (Å²) >= 11 is 0. The van der Waals surface area contributed by atoms with Crippen LogP contribution in [0.1, 0.15) is 51.2 Å². The summed E-state index contributed by atoms with van der Waals surface area (Å²) in [6.07, 6.45) is 2.05. The van der Waals surface area contributed by atoms with E-state index in [1.165, 1.54) is 4.31 Å². The van der Waals surface area contributed by atoms with Crippen LogP contribution < -0.4 is 14.4 Å². The summed E-state index contributed by atoms with van der Waals surface area (Å²) in [6, 6.07) is 14.0. The van der Waals surface area contributed by atoms with Crippen LogP contribution in [0, 0.1) is 6.92 Å². The Balaban J connectivity index is 2.22. The monoisotopic (exact) mass is 517 g/mol. The predicted octanol–water partition coefficient (Wildman–Crippen LogP) is 3.88. The molecule has 0 heterocycles. The summed E-state index contributed by atoms with van der Waals surface area (Å²) in [4.78, 5) is 28.0. The molecule has 2 amide bonds. The number of nitrogens with one attached hydrogen (secondary N) is 1. The Kier molecular flexibility index (Phi) is 10.8. The smallest absolute Gasteiger partial charge is 0.243 e. The summed E-state index contributed by atoms with van der Waals surface area (Å²) in [5.74, 6) is 0.305. The number of rotatable bonds is 13. The van der Waals surface area contributed by atoms with Crippen molar-refractivity contribution in [2.75, 3.05) is 24.2 Å². The van der Waals surface area contributed by atoms with Gasteiger partial charge in [0.15, 0.2) is 0 Å². The van der Waals surface area contributed by atoms with Crippen LogP contribution in [0.5, 0.6) is 5.75 Å². The Morgan fingerprint density at radius 2 is 1.75 bits per heavy atom. The minimum absolute atomic E-state index is 0.0536. The molecule has 2 aromatic carbocycles. The van der Waals surface area contributed by atoms with Gasteiger partial charge in [0, 0.05) is 25.6 Å². The summed E-state index contributed by atoms with van der Waals surface area (Å²) in [5.41, 5.74) is 2.39. The molecule has 0 fully saturated rings. The third-order valence-corrected chi connectivity index (χ3v) is 6.96. The first-order valence-corrected chi connectivity index (χ1v) is 14.1. The van der Waals surface area contributed by atoms with E-state index >= 15 is 0 Å². The van der Waals surface area contributed by atoms with Crippen molar-refractivity contribution in [1.29, 1.82) is 0 Å². The molecule has 198 valence electrons. The largest absolute Gasteiger partial charge is 0.497 e. The fourth-order valence-electron chi connectivity index (χ4n) is 4.01. The number of ether oxygens (including phenoxy) is 1. The molecular weight excluding hydrogens is 478 g/mol. The Bertz CT molecular complexity index is 1120. The zero-order chi connectivity index (χ0) is 26.9. The van der Waals surface area contributed by atoms with Gasteiger partial charge in [-0.15, -0.1) is 0 Å². The number of hydrogen-bond acceptors (Lipinski definition) is 5. The van der Waals surface area contributed by atoms with Crippen LogP contribution in [0.2, 0.25) is 0 Å². The van der Waals surface area contributed by atoms with E-state index in [-0.39, 0.29) is 37.4 Å². The maximum absolute atomic E-state index is 13.4. The highest BCUT2D eigenvalue weighted by Crippen LogP contribution is 2.21. The number of anilines is 1. The van der Waals surface area contributed by atoms with Crippen LogP contribution >= 0.6 is 0 Å². The maximum Gasteiger partial charge on any atom is 0.243 e. The third kappa shape index (κ3) is 8.55. The number of nitrogens with zero attached hydrogens (tertiary/aromatic N) is 2. The van der Waals surface area contributed by atoms with Crippen molar-refractivity contribution in [1.82, 2.24) is 10.2 Å². The topological polar surface area (TPSA) is 96.0 Å². The van der Waals surface area contributed by atoms with Gasteiger partial charge < -0.3 is 15.0 Å². The zero-order valence-electron chi connectivity index (χ0n) is 22.2. The summed E-state index contributed by atoms with van der Waals surface area (Å²) in [7, 11) is -1.94. The van der Waals surface area contributed by atoms with Gasteiger partial charge in [-0.25, -0.2) is 8.42 Å². The van der Waals surface area contributed by atoms with E-state index in [0.717, 1.165) is 17.4 Å². The first-order valence-electron chi connectivity index (χ1n) is 12.2. The zero-order valence-corrected chi connectivity index (χ0v) is 23.0. The number of amides is 2. The average Bonchev–Trinajstić information content (AvgIpc) is 2.80. The number of carbonyl (C=O) groups is 2. The Morgan fingerprint density at radius 3 is 2.28 bits per heavy atom. The standard InChI is InChI=1S/C27H39N3O5S/c1-7-25(27(32)28-20(2)3)29(19-22-13-15-24(35-5)16-14-22)26(31)12-9-17-30(36(6,33)34)23-11-8-10-21(4)18-23/h8,10-11,13-16,18,20,25H,7,9,12,17,19H2,1-6H3,(H,28,32)/t25-/m1/s1. The average molecular weight is 518 g/mol. The number of carbonyl (C=O) groups excluding carboxylic acids is 2. The molecule has 0 saturated carbocycles. The van der Waals surface area contributed by atoms with Gasteiger partial charge in [-0.05, 0) is 69.0 Å². The molecule has 0 aliphatic heterocycles. The molecule has 0 aliphatic carbocycles. The number of hydrogen-bond donors (Lipinski definition) is 1. The molecule has 0 aromatic heterocycles. The Labute approximate surface area is 215 Å². The van der Waals surface area contributed by atoms with E-state index in [4.69, 9.17) is 4.74 Å². The Morgan fingerprint density at radius 1 is 1.08 bits per heavy atom. The number of benzene rings is 2. The lowest BCUT2D eigenvalue weighted by Gasteiger charge is -2.31. The SMILES string of the molecule is CC[C@H](C(=O)NC(C)C)N(Cc1ccc(OC)cc1)C(=O)CCCN(c1cccc(C)c1)S(C)(=O)=O. The highest BCUT2D eigenvalue weighted by Gasteiger charge is 2.29. The molecule has 9 heteroatoms. The molecule has 0 saturated heterocycles. The Hall–Kier alpha value is -3.07. The highest BCUT2D eigenvalue weighted by molar-refractivity contribution is 7.92. The fraction of sp³-hybridized carbons (Fsp3) is 0.481. The maximum atomic E-state index is 13.4. The van der Waals surface area contributed by atoms with Crippen LogP contribution in [0.3, 0.4) is 0 Å². The van der Waals surface area contributed by atoms with Crippen LogP contribution in [0.4, 0.5) is 5.69 Å². The van der Waals surface area contributed by atoms with Gasteiger partial charge in [0.2, 0.25) is 21.8 Å². The highest BCUT2D eigenvalue weighted by atomic mass is 32.2. The fourth-order valence-corrected chi connectivity index (χ4v) is 4.97. The van der Waals surface area contributed by atoms with Gasteiger partial charge in [0.1, 0.15) is 11.8 Å². The van der Waals surface area contributed by atoms with Gasteiger partial charge in [-0.3, -0.25) is 13.9 Å². The van der Waals surface area contributed by atoms with Gasteiger partial charge in [0.05, 0.1) is 19.1 Å². The van der Waals surface area contributed by atoms with Crippen molar-refractivity contribution in [3.8, 4) is 5.75 Å². The molecular formula is C27H39N3O5S. The molecule has 0 aliphatic rings. The van der Waals surface area contributed by atoms with E-state index in [0.29, 0.717) is 24.3 Å². The first-order chi connectivity index (χ1) is 17.0. The lowest BCUT2D eigenvalue weighted by atomic mass is 10.1. The van der Waals surface area contributed by atoms with Crippen molar-refractivity contribution in [3.63, 3.8) is 0 Å². The van der Waals surface area contributed by atoms with Crippen LogP contribution in [-0.4, -0.2) is 57.1 Å². The van der Waals surface area contributed by atoms with Crippen molar-refractivity contribution in [2.24, 2.45) is 0 Å². The molecule has 2 aromatic rings. The van der Waals surface area contributed by atoms with Gasteiger partial charge in [0.25, 0.3) is 0 Å². The molecule has 0 spiro atoms. The quantitative estimate of drug-likeness (QED) is 0.435. The second-order valence-corrected chi connectivity index (χ2v) is 11.1. The van der Waals surface area contributed by atoms with Crippen LogP contribution in [-0.2, 0) is 26.2 Å². The predicted molar refractivity (Wildman–Crippen MR) is 144 cm³/mol. The van der Waals surface area contributed by atoms with Crippen molar-refractivity contribution >= 4 is 27.5 Å². The van der Waals surface area contributed by atoms with Gasteiger partial charge >= 0.3 is 0 Å². The van der Waals surface area contributed by atoms with Crippen molar-refractivity contribution in [3.05, 3.63) is 59.7 Å². The number of aryl methyl sites for hydroxylation is 1. The summed E-state index contributed by atoms with van der Waals surface area (Å²) in [6.45, 7) is 7.97. The van der Waals surface area contributed by atoms with Gasteiger partial charge in [-0.2, -0.15) is 0 Å². The molecule has 0 radical (unpaired) electrons. The van der Waals surface area contributed by atoms with Gasteiger partial charge in [-0.1, -0.05) is 31.2 Å².